The molecule has 0 atom stereocenters. The first-order valence-electron chi connectivity index (χ1n) is 5.98. The summed E-state index contributed by atoms with van der Waals surface area (Å²) in [5.41, 5.74) is 3.06. The van der Waals surface area contributed by atoms with Crippen molar-refractivity contribution in [3.05, 3.63) is 40.8 Å². The lowest BCUT2D eigenvalue weighted by atomic mass is 10.3. The summed E-state index contributed by atoms with van der Waals surface area (Å²) in [6, 6.07) is 8.05. The largest absolute Gasteiger partial charge is 0.494 e. The molecule has 0 saturated heterocycles. The monoisotopic (exact) mass is 292 g/mol. The number of hydrogen-bond donors (Lipinski definition) is 0. The van der Waals surface area contributed by atoms with E-state index in [0.29, 0.717) is 5.88 Å². The van der Waals surface area contributed by atoms with E-state index in [0.717, 1.165) is 34.7 Å². The van der Waals surface area contributed by atoms with Gasteiger partial charge in [0, 0.05) is 17.7 Å². The molecule has 2 heterocycles. The van der Waals surface area contributed by atoms with E-state index < -0.39 is 0 Å². The number of alkyl halides is 1. The van der Waals surface area contributed by atoms with Crippen molar-refractivity contribution >= 4 is 34.0 Å². The van der Waals surface area contributed by atoms with Crippen LogP contribution in [0.3, 0.4) is 0 Å². The Bertz CT molecular complexity index is 691. The zero-order valence-electron chi connectivity index (χ0n) is 10.5. The van der Waals surface area contributed by atoms with Crippen molar-refractivity contribution in [2.75, 3.05) is 13.0 Å². The Hall–Kier alpha value is -1.52. The lowest BCUT2D eigenvalue weighted by Gasteiger charge is -2.06. The summed E-state index contributed by atoms with van der Waals surface area (Å²) in [7, 11) is 1.67. The van der Waals surface area contributed by atoms with Gasteiger partial charge in [-0.25, -0.2) is 4.98 Å². The predicted octanol–water partition coefficient (Wildman–Crippen LogP) is 3.88. The highest BCUT2D eigenvalue weighted by atomic mass is 35.5. The van der Waals surface area contributed by atoms with Gasteiger partial charge in [0.25, 0.3) is 0 Å². The predicted molar refractivity (Wildman–Crippen MR) is 79.9 cm³/mol. The van der Waals surface area contributed by atoms with E-state index in [-0.39, 0.29) is 0 Å². The number of thiophene rings is 1. The minimum absolute atomic E-state index is 0.551. The molecule has 3 nitrogen and oxygen atoms in total. The standard InChI is InChI=1S/C14H13ClN2OS/c1-18-12-4-2-3-11-14(12)16-13(5-7-15)17(11)10-6-8-19-9-10/h2-4,6,8-9H,5,7H2,1H3. The molecule has 0 aliphatic rings. The molecule has 0 N–H and O–H groups in total. The second-order valence-corrected chi connectivity index (χ2v) is 5.27. The Kier molecular flexibility index (Phi) is 3.44. The topological polar surface area (TPSA) is 27.1 Å². The van der Waals surface area contributed by atoms with Gasteiger partial charge in [-0.3, -0.25) is 4.57 Å². The van der Waals surface area contributed by atoms with E-state index >= 15 is 0 Å². The number of methoxy groups -OCH3 is 1. The van der Waals surface area contributed by atoms with Crippen LogP contribution in [0.4, 0.5) is 0 Å². The summed E-state index contributed by atoms with van der Waals surface area (Å²) in [6.45, 7) is 0. The first kappa shape index (κ1) is 12.5. The molecule has 2 aromatic heterocycles. The van der Waals surface area contributed by atoms with Gasteiger partial charge in [-0.1, -0.05) is 6.07 Å². The second-order valence-electron chi connectivity index (χ2n) is 4.11. The fourth-order valence-electron chi connectivity index (χ4n) is 2.21. The number of fused-ring (bicyclic) bond motifs is 1. The van der Waals surface area contributed by atoms with Gasteiger partial charge in [0.2, 0.25) is 0 Å². The van der Waals surface area contributed by atoms with Crippen LogP contribution in [0.2, 0.25) is 0 Å². The van der Waals surface area contributed by atoms with E-state index in [2.05, 4.69) is 32.4 Å². The summed E-state index contributed by atoms with van der Waals surface area (Å²) in [5.74, 6) is 2.31. The minimum Gasteiger partial charge on any atom is -0.494 e. The van der Waals surface area contributed by atoms with Gasteiger partial charge in [0.15, 0.2) is 0 Å². The third-order valence-corrected chi connectivity index (χ3v) is 3.88. The van der Waals surface area contributed by atoms with Crippen molar-refractivity contribution in [3.8, 4) is 11.4 Å². The number of para-hydroxylation sites is 1. The number of aromatic nitrogens is 2. The van der Waals surface area contributed by atoms with Gasteiger partial charge in [-0.15, -0.1) is 11.6 Å². The number of hydrogen-bond acceptors (Lipinski definition) is 3. The Balaban J connectivity index is 2.30. The third-order valence-electron chi connectivity index (χ3n) is 3.02. The molecule has 0 fully saturated rings. The number of aryl methyl sites for hydroxylation is 1. The molecular formula is C14H13ClN2OS. The second kappa shape index (κ2) is 5.23. The van der Waals surface area contributed by atoms with Crippen LogP contribution in [0.15, 0.2) is 35.0 Å². The molecule has 3 rings (SSSR count). The summed E-state index contributed by atoms with van der Waals surface area (Å²) < 4.78 is 7.53. The molecule has 0 spiro atoms. The van der Waals surface area contributed by atoms with Crippen molar-refractivity contribution in [2.24, 2.45) is 0 Å². The van der Waals surface area contributed by atoms with E-state index in [1.165, 1.54) is 0 Å². The molecule has 0 aliphatic heterocycles. The van der Waals surface area contributed by atoms with Crippen molar-refractivity contribution < 1.29 is 4.74 Å². The molecule has 98 valence electrons. The van der Waals surface area contributed by atoms with Gasteiger partial charge in [-0.2, -0.15) is 11.3 Å². The third kappa shape index (κ3) is 2.11. The molecule has 3 aromatic rings. The molecule has 0 unspecified atom stereocenters. The van der Waals surface area contributed by atoms with Crippen LogP contribution >= 0.6 is 22.9 Å². The van der Waals surface area contributed by atoms with E-state index in [1.807, 2.05) is 12.1 Å². The summed E-state index contributed by atoms with van der Waals surface area (Å²) >= 11 is 7.56. The SMILES string of the molecule is COc1cccc2c1nc(CCCl)n2-c1ccsc1. The molecule has 0 aliphatic carbocycles. The first-order chi connectivity index (χ1) is 9.35. The van der Waals surface area contributed by atoms with Gasteiger partial charge in [0.05, 0.1) is 18.3 Å². The van der Waals surface area contributed by atoms with Crippen LogP contribution in [0, 0.1) is 0 Å². The van der Waals surface area contributed by atoms with Crippen LogP contribution in [0.5, 0.6) is 5.75 Å². The van der Waals surface area contributed by atoms with E-state index in [1.54, 1.807) is 18.4 Å². The zero-order valence-corrected chi connectivity index (χ0v) is 12.0. The molecule has 1 aromatic carbocycles. The highest BCUT2D eigenvalue weighted by molar-refractivity contribution is 7.08. The number of halogens is 1. The Morgan fingerprint density at radius 1 is 1.37 bits per heavy atom. The lowest BCUT2D eigenvalue weighted by molar-refractivity contribution is 0.419. The lowest BCUT2D eigenvalue weighted by Crippen LogP contribution is -2.00. The van der Waals surface area contributed by atoms with E-state index in [9.17, 15) is 0 Å². The summed E-state index contributed by atoms with van der Waals surface area (Å²) in [5, 5.41) is 4.17. The molecule has 19 heavy (non-hydrogen) atoms. The molecule has 0 bridgehead atoms. The number of ether oxygens (including phenoxy) is 1. The van der Waals surface area contributed by atoms with Crippen molar-refractivity contribution in [1.82, 2.24) is 9.55 Å². The Morgan fingerprint density at radius 2 is 2.26 bits per heavy atom. The molecule has 0 saturated carbocycles. The normalized spacial score (nSPS) is 11.1. The molecule has 0 amide bonds. The average molecular weight is 293 g/mol. The zero-order chi connectivity index (χ0) is 13.2. The highest BCUT2D eigenvalue weighted by Crippen LogP contribution is 2.29. The smallest absolute Gasteiger partial charge is 0.146 e. The maximum atomic E-state index is 5.89. The van der Waals surface area contributed by atoms with Crippen LogP contribution in [-0.2, 0) is 6.42 Å². The fourth-order valence-corrected chi connectivity index (χ4v) is 3.00. The van der Waals surface area contributed by atoms with Gasteiger partial charge in [0.1, 0.15) is 17.1 Å². The van der Waals surface area contributed by atoms with Crippen LogP contribution < -0.4 is 4.74 Å². The average Bonchev–Trinajstić information content (AvgIpc) is 3.04. The number of nitrogens with zero attached hydrogens (tertiary/aromatic N) is 2. The van der Waals surface area contributed by atoms with Crippen molar-refractivity contribution in [3.63, 3.8) is 0 Å². The minimum atomic E-state index is 0.551. The number of benzene rings is 1. The number of rotatable bonds is 4. The van der Waals surface area contributed by atoms with Crippen molar-refractivity contribution in [2.45, 2.75) is 6.42 Å². The Labute approximate surface area is 120 Å². The summed E-state index contributed by atoms with van der Waals surface area (Å²) in [6.07, 6.45) is 0.731. The summed E-state index contributed by atoms with van der Waals surface area (Å²) in [4.78, 5) is 4.69. The van der Waals surface area contributed by atoms with Crippen molar-refractivity contribution in [1.29, 1.82) is 0 Å². The Morgan fingerprint density at radius 3 is 2.95 bits per heavy atom. The van der Waals surface area contributed by atoms with Crippen LogP contribution in [0.25, 0.3) is 16.7 Å². The fraction of sp³-hybridized carbons (Fsp3) is 0.214. The molecule has 0 radical (unpaired) electrons. The number of imidazole rings is 1. The molecular weight excluding hydrogens is 280 g/mol. The van der Waals surface area contributed by atoms with Gasteiger partial charge >= 0.3 is 0 Å². The van der Waals surface area contributed by atoms with E-state index in [4.69, 9.17) is 16.3 Å². The quantitative estimate of drug-likeness (QED) is 0.682. The van der Waals surface area contributed by atoms with Crippen LogP contribution in [0.1, 0.15) is 5.82 Å². The maximum Gasteiger partial charge on any atom is 0.146 e. The molecule has 5 heteroatoms. The van der Waals surface area contributed by atoms with Crippen LogP contribution in [-0.4, -0.2) is 22.5 Å². The van der Waals surface area contributed by atoms with Gasteiger partial charge < -0.3 is 4.74 Å². The van der Waals surface area contributed by atoms with Gasteiger partial charge in [-0.05, 0) is 23.6 Å². The highest BCUT2D eigenvalue weighted by Gasteiger charge is 2.15. The maximum absolute atomic E-state index is 5.89. The first-order valence-corrected chi connectivity index (χ1v) is 7.45.